The van der Waals surface area contributed by atoms with Crippen molar-refractivity contribution in [2.75, 3.05) is 0 Å². The summed E-state index contributed by atoms with van der Waals surface area (Å²) in [5.41, 5.74) is 5.87. The van der Waals surface area contributed by atoms with Gasteiger partial charge in [-0.15, -0.1) is 0 Å². The van der Waals surface area contributed by atoms with Crippen LogP contribution in [0.5, 0.6) is 0 Å². The maximum absolute atomic E-state index is 2.39. The van der Waals surface area contributed by atoms with Crippen molar-refractivity contribution in [2.45, 2.75) is 32.1 Å². The molecule has 0 fully saturated rings. The van der Waals surface area contributed by atoms with Crippen molar-refractivity contribution in [1.82, 2.24) is 0 Å². The van der Waals surface area contributed by atoms with E-state index in [1.807, 2.05) is 0 Å². The summed E-state index contributed by atoms with van der Waals surface area (Å²) < 4.78 is 0. The predicted molar refractivity (Wildman–Crippen MR) is 89.8 cm³/mol. The molecule has 3 aromatic rings. The van der Waals surface area contributed by atoms with Gasteiger partial charge in [-0.25, -0.2) is 0 Å². The van der Waals surface area contributed by atoms with E-state index in [0.717, 1.165) is 12.8 Å². The van der Waals surface area contributed by atoms with Crippen LogP contribution in [0.25, 0.3) is 10.8 Å². The Morgan fingerprint density at radius 1 is 0.476 bits per heavy atom. The standard InChI is InChI=1S/C21H20/c1-3-16-4-2-6-18-9-11-20-12-10-19(15-21(20)14-18)8-7-17(5-1)13-16/h1,3,5,9-15H,2,4,6-8H2. The van der Waals surface area contributed by atoms with Gasteiger partial charge in [0, 0.05) is 0 Å². The highest BCUT2D eigenvalue weighted by Gasteiger charge is 2.04. The SMILES string of the molecule is c1cc2cc(c1)CCc1ccc3ccc(cc3c1)CCC2. The van der Waals surface area contributed by atoms with Crippen LogP contribution in [0, 0.1) is 0 Å². The van der Waals surface area contributed by atoms with Crippen molar-refractivity contribution in [1.29, 1.82) is 0 Å². The molecule has 0 radical (unpaired) electrons. The molecule has 1 aliphatic rings. The van der Waals surface area contributed by atoms with Gasteiger partial charge < -0.3 is 0 Å². The number of hydrogen-bond donors (Lipinski definition) is 0. The summed E-state index contributed by atoms with van der Waals surface area (Å²) in [6.07, 6.45) is 5.85. The van der Waals surface area contributed by atoms with Crippen LogP contribution < -0.4 is 0 Å². The quantitative estimate of drug-likeness (QED) is 0.533. The maximum atomic E-state index is 2.39. The van der Waals surface area contributed by atoms with Crippen LogP contribution in [0.3, 0.4) is 0 Å². The molecule has 0 unspecified atom stereocenters. The molecular formula is C21H20. The summed E-state index contributed by atoms with van der Waals surface area (Å²) in [5.74, 6) is 0. The van der Waals surface area contributed by atoms with Gasteiger partial charge in [0.15, 0.2) is 0 Å². The summed E-state index contributed by atoms with van der Waals surface area (Å²) in [4.78, 5) is 0. The van der Waals surface area contributed by atoms with Gasteiger partial charge in [0.2, 0.25) is 0 Å². The minimum Gasteiger partial charge on any atom is -0.0617 e. The molecule has 0 heteroatoms. The zero-order valence-corrected chi connectivity index (χ0v) is 12.3. The Morgan fingerprint density at radius 2 is 1.05 bits per heavy atom. The molecule has 0 N–H and O–H groups in total. The lowest BCUT2D eigenvalue weighted by atomic mass is 9.99. The predicted octanol–water partition coefficient (Wildman–Crippen LogP) is 5.11. The molecule has 0 atom stereocenters. The first-order valence-corrected chi connectivity index (χ1v) is 7.96. The normalized spacial score (nSPS) is 14.7. The zero-order chi connectivity index (χ0) is 14.1. The van der Waals surface area contributed by atoms with E-state index in [1.165, 1.54) is 52.3 Å². The Kier molecular flexibility index (Phi) is 3.23. The minimum atomic E-state index is 1.13. The summed E-state index contributed by atoms with van der Waals surface area (Å²) in [5, 5.41) is 2.76. The Balaban J connectivity index is 1.77. The third kappa shape index (κ3) is 2.71. The van der Waals surface area contributed by atoms with Crippen molar-refractivity contribution in [3.8, 4) is 0 Å². The second kappa shape index (κ2) is 5.37. The average Bonchev–Trinajstić information content (AvgIpc) is 2.52. The third-order valence-electron chi connectivity index (χ3n) is 4.59. The van der Waals surface area contributed by atoms with Crippen LogP contribution in [0.15, 0.2) is 60.7 Å². The van der Waals surface area contributed by atoms with Crippen molar-refractivity contribution in [2.24, 2.45) is 0 Å². The summed E-state index contributed by atoms with van der Waals surface area (Å²) in [6, 6.07) is 23.0. The first-order valence-electron chi connectivity index (χ1n) is 7.96. The van der Waals surface area contributed by atoms with Crippen molar-refractivity contribution in [3.63, 3.8) is 0 Å². The molecule has 3 aromatic carbocycles. The molecule has 0 saturated heterocycles. The fraction of sp³-hybridized carbons (Fsp3) is 0.238. The molecule has 0 saturated carbocycles. The van der Waals surface area contributed by atoms with Gasteiger partial charge >= 0.3 is 0 Å². The van der Waals surface area contributed by atoms with E-state index < -0.39 is 0 Å². The number of fused-ring (bicyclic) bond motifs is 4. The molecule has 0 amide bonds. The van der Waals surface area contributed by atoms with Crippen molar-refractivity contribution < 1.29 is 0 Å². The molecule has 104 valence electrons. The van der Waals surface area contributed by atoms with E-state index in [1.54, 1.807) is 0 Å². The van der Waals surface area contributed by atoms with Crippen molar-refractivity contribution >= 4 is 10.8 Å². The average molecular weight is 272 g/mol. The van der Waals surface area contributed by atoms with E-state index in [2.05, 4.69) is 60.7 Å². The molecule has 5 bridgehead atoms. The summed E-state index contributed by atoms with van der Waals surface area (Å²) in [6.45, 7) is 0. The molecular weight excluding hydrogens is 252 g/mol. The van der Waals surface area contributed by atoms with Gasteiger partial charge in [-0.1, -0.05) is 60.7 Å². The van der Waals surface area contributed by atoms with Gasteiger partial charge in [-0.2, -0.15) is 0 Å². The molecule has 0 spiro atoms. The highest BCUT2D eigenvalue weighted by Crippen LogP contribution is 2.21. The molecule has 0 aromatic heterocycles. The number of hydrogen-bond acceptors (Lipinski definition) is 0. The number of rotatable bonds is 0. The Labute approximate surface area is 126 Å². The largest absolute Gasteiger partial charge is 0.0617 e. The lowest BCUT2D eigenvalue weighted by Crippen LogP contribution is -1.93. The van der Waals surface area contributed by atoms with Gasteiger partial charge in [0.25, 0.3) is 0 Å². The van der Waals surface area contributed by atoms with E-state index >= 15 is 0 Å². The molecule has 1 aliphatic carbocycles. The second-order valence-corrected chi connectivity index (χ2v) is 6.19. The third-order valence-corrected chi connectivity index (χ3v) is 4.59. The first kappa shape index (κ1) is 12.6. The van der Waals surface area contributed by atoms with Gasteiger partial charge in [-0.05, 0) is 65.1 Å². The highest BCUT2D eigenvalue weighted by atomic mass is 14.1. The Bertz CT molecular complexity index is 783. The van der Waals surface area contributed by atoms with Gasteiger partial charge in [0.05, 0.1) is 0 Å². The van der Waals surface area contributed by atoms with E-state index in [-0.39, 0.29) is 0 Å². The lowest BCUT2D eigenvalue weighted by molar-refractivity contribution is 0.819. The zero-order valence-electron chi connectivity index (χ0n) is 12.3. The smallest absolute Gasteiger partial charge is 0.0179 e. The van der Waals surface area contributed by atoms with Crippen molar-refractivity contribution in [3.05, 3.63) is 82.9 Å². The van der Waals surface area contributed by atoms with Crippen LogP contribution in [-0.4, -0.2) is 0 Å². The fourth-order valence-corrected chi connectivity index (χ4v) is 3.38. The monoisotopic (exact) mass is 272 g/mol. The van der Waals surface area contributed by atoms with E-state index in [9.17, 15) is 0 Å². The summed E-state index contributed by atoms with van der Waals surface area (Å²) in [7, 11) is 0. The summed E-state index contributed by atoms with van der Waals surface area (Å²) >= 11 is 0. The van der Waals surface area contributed by atoms with Crippen LogP contribution in [0.1, 0.15) is 28.7 Å². The number of benzene rings is 3. The van der Waals surface area contributed by atoms with Crippen LogP contribution in [0.4, 0.5) is 0 Å². The van der Waals surface area contributed by atoms with Crippen LogP contribution in [0.2, 0.25) is 0 Å². The molecule has 0 heterocycles. The molecule has 21 heavy (non-hydrogen) atoms. The second-order valence-electron chi connectivity index (χ2n) is 6.19. The highest BCUT2D eigenvalue weighted by molar-refractivity contribution is 5.83. The van der Waals surface area contributed by atoms with E-state index in [4.69, 9.17) is 0 Å². The maximum Gasteiger partial charge on any atom is -0.0179 e. The molecule has 0 nitrogen and oxygen atoms in total. The molecule has 4 rings (SSSR count). The minimum absolute atomic E-state index is 1.13. The Hall–Kier alpha value is -2.08. The van der Waals surface area contributed by atoms with E-state index in [0.29, 0.717) is 0 Å². The van der Waals surface area contributed by atoms with Gasteiger partial charge in [0.1, 0.15) is 0 Å². The lowest BCUT2D eigenvalue weighted by Gasteiger charge is -2.06. The number of aryl methyl sites for hydroxylation is 4. The Morgan fingerprint density at radius 3 is 1.76 bits per heavy atom. The van der Waals surface area contributed by atoms with Gasteiger partial charge in [-0.3, -0.25) is 0 Å². The topological polar surface area (TPSA) is 0 Å². The van der Waals surface area contributed by atoms with Crippen LogP contribution in [-0.2, 0) is 25.7 Å². The molecule has 0 aliphatic heterocycles. The van der Waals surface area contributed by atoms with Crippen LogP contribution >= 0.6 is 0 Å². The fourth-order valence-electron chi connectivity index (χ4n) is 3.38. The first-order chi connectivity index (χ1) is 10.4.